The van der Waals surface area contributed by atoms with Gasteiger partial charge in [-0.3, -0.25) is 4.79 Å². The van der Waals surface area contributed by atoms with Gasteiger partial charge >= 0.3 is 5.97 Å². The van der Waals surface area contributed by atoms with E-state index in [1.807, 2.05) is 0 Å². The lowest BCUT2D eigenvalue weighted by atomic mass is 10.3. The average molecular weight is 185 g/mol. The van der Waals surface area contributed by atoms with Crippen molar-refractivity contribution in [3.63, 3.8) is 0 Å². The second-order valence-electron chi connectivity index (χ2n) is 1.92. The highest BCUT2D eigenvalue weighted by Gasteiger charge is 2.18. The van der Waals surface area contributed by atoms with Crippen LogP contribution in [0.3, 0.4) is 0 Å². The van der Waals surface area contributed by atoms with Gasteiger partial charge in [0.05, 0.1) is 12.1 Å². The highest BCUT2D eigenvalue weighted by atomic mass is 32.1. The van der Waals surface area contributed by atoms with E-state index in [-0.39, 0.29) is 12.3 Å². The number of thiazole rings is 1. The summed E-state index contributed by atoms with van der Waals surface area (Å²) in [5.74, 6) is -1.53. The molecule has 1 aromatic heterocycles. The van der Waals surface area contributed by atoms with Crippen molar-refractivity contribution in [2.24, 2.45) is 0 Å². The predicted molar refractivity (Wildman–Crippen MR) is 43.1 cm³/mol. The predicted octanol–water partition coefficient (Wildman–Crippen LogP) is 0.889. The van der Waals surface area contributed by atoms with Crippen LogP contribution in [0.25, 0.3) is 0 Å². The van der Waals surface area contributed by atoms with Crippen LogP contribution in [0.4, 0.5) is 0 Å². The zero-order chi connectivity index (χ0) is 8.97. The molecule has 0 aliphatic carbocycles. The number of ketones is 1. The van der Waals surface area contributed by atoms with Crippen molar-refractivity contribution in [1.82, 2.24) is 4.98 Å². The highest BCUT2D eigenvalue weighted by molar-refractivity contribution is 7.07. The van der Waals surface area contributed by atoms with Gasteiger partial charge in [0.1, 0.15) is 5.69 Å². The number of ether oxygens (including phenoxy) is 1. The minimum atomic E-state index is -0.844. The molecule has 5 heteroatoms. The number of rotatable bonds is 3. The molecule has 0 saturated heterocycles. The van der Waals surface area contributed by atoms with Gasteiger partial charge in [-0.1, -0.05) is 0 Å². The Bertz CT molecular complexity index is 281. The van der Waals surface area contributed by atoms with Gasteiger partial charge in [-0.2, -0.15) is 0 Å². The van der Waals surface area contributed by atoms with Gasteiger partial charge in [-0.15, -0.1) is 11.3 Å². The Labute approximate surface area is 73.2 Å². The number of hydrogen-bond acceptors (Lipinski definition) is 5. The largest absolute Gasteiger partial charge is 0.460 e. The molecule has 0 radical (unpaired) electrons. The molecule has 0 fully saturated rings. The number of nitrogens with zero attached hydrogens (tertiary/aromatic N) is 1. The summed E-state index contributed by atoms with van der Waals surface area (Å²) in [6.45, 7) is 1.85. The first-order chi connectivity index (χ1) is 5.75. The molecule has 12 heavy (non-hydrogen) atoms. The molecule has 0 saturated carbocycles. The maximum absolute atomic E-state index is 11.1. The molecule has 0 unspecified atom stereocenters. The topological polar surface area (TPSA) is 56.3 Å². The Morgan fingerprint density at radius 2 is 2.42 bits per heavy atom. The molecule has 0 aliphatic heterocycles. The monoisotopic (exact) mass is 185 g/mol. The smallest absolute Gasteiger partial charge is 0.381 e. The van der Waals surface area contributed by atoms with E-state index in [9.17, 15) is 9.59 Å². The molecule has 1 heterocycles. The molecule has 0 aliphatic rings. The quantitative estimate of drug-likeness (QED) is 0.398. The summed E-state index contributed by atoms with van der Waals surface area (Å²) in [6.07, 6.45) is 0. The van der Waals surface area contributed by atoms with Gasteiger partial charge in [0, 0.05) is 5.38 Å². The fourth-order valence-corrected chi connectivity index (χ4v) is 1.16. The maximum Gasteiger partial charge on any atom is 0.381 e. The number of Topliss-reactive ketones (excluding diaryl/α,β-unsaturated/α-hetero) is 1. The molecule has 4 nitrogen and oxygen atoms in total. The number of aromatic nitrogens is 1. The van der Waals surface area contributed by atoms with Gasteiger partial charge in [0.15, 0.2) is 0 Å². The molecular weight excluding hydrogens is 178 g/mol. The third-order valence-electron chi connectivity index (χ3n) is 1.13. The Hall–Kier alpha value is -1.23. The van der Waals surface area contributed by atoms with E-state index in [1.54, 1.807) is 6.92 Å². The van der Waals surface area contributed by atoms with Crippen LogP contribution in [0, 0.1) is 0 Å². The summed E-state index contributed by atoms with van der Waals surface area (Å²) in [7, 11) is 0. The lowest BCUT2D eigenvalue weighted by Crippen LogP contribution is -2.17. The lowest BCUT2D eigenvalue weighted by molar-refractivity contribution is -0.137. The molecule has 0 bridgehead atoms. The van der Waals surface area contributed by atoms with Crippen LogP contribution in [0.1, 0.15) is 17.4 Å². The third-order valence-corrected chi connectivity index (χ3v) is 1.71. The van der Waals surface area contributed by atoms with Crippen LogP contribution in [0.2, 0.25) is 0 Å². The van der Waals surface area contributed by atoms with Crippen LogP contribution in [-0.4, -0.2) is 23.3 Å². The molecule has 0 aromatic carbocycles. The number of carbonyl (C=O) groups is 2. The molecule has 0 N–H and O–H groups in total. The number of hydrogen-bond donors (Lipinski definition) is 0. The SMILES string of the molecule is CCOC(=O)C(=O)c1cscn1. The molecule has 0 atom stereocenters. The van der Waals surface area contributed by atoms with Gasteiger partial charge < -0.3 is 4.74 Å². The zero-order valence-electron chi connectivity index (χ0n) is 6.44. The third kappa shape index (κ3) is 1.88. The Morgan fingerprint density at radius 3 is 2.92 bits per heavy atom. The summed E-state index contributed by atoms with van der Waals surface area (Å²) in [5.41, 5.74) is 1.64. The maximum atomic E-state index is 11.1. The molecular formula is C7H7NO3S. The number of carbonyl (C=O) groups excluding carboxylic acids is 2. The van der Waals surface area contributed by atoms with Crippen LogP contribution >= 0.6 is 11.3 Å². The standard InChI is InChI=1S/C7H7NO3S/c1-2-11-7(10)6(9)5-3-12-4-8-5/h3-4H,2H2,1H3. The van der Waals surface area contributed by atoms with Crippen molar-refractivity contribution in [3.8, 4) is 0 Å². The van der Waals surface area contributed by atoms with Crippen LogP contribution < -0.4 is 0 Å². The fraction of sp³-hybridized carbons (Fsp3) is 0.286. The first-order valence-electron chi connectivity index (χ1n) is 3.35. The van der Waals surface area contributed by atoms with Crippen molar-refractivity contribution in [2.75, 3.05) is 6.61 Å². The first kappa shape index (κ1) is 8.86. The van der Waals surface area contributed by atoms with Crippen molar-refractivity contribution in [2.45, 2.75) is 6.92 Å². The van der Waals surface area contributed by atoms with Crippen LogP contribution in [-0.2, 0) is 9.53 Å². The molecule has 0 amide bonds. The van der Waals surface area contributed by atoms with Gasteiger partial charge in [0.25, 0.3) is 5.78 Å². The van der Waals surface area contributed by atoms with E-state index in [4.69, 9.17) is 0 Å². The summed E-state index contributed by atoms with van der Waals surface area (Å²) in [5, 5.41) is 1.51. The molecule has 64 valence electrons. The molecule has 1 aromatic rings. The van der Waals surface area contributed by atoms with Crippen molar-refractivity contribution < 1.29 is 14.3 Å². The van der Waals surface area contributed by atoms with E-state index in [2.05, 4.69) is 9.72 Å². The van der Waals surface area contributed by atoms with E-state index in [0.29, 0.717) is 0 Å². The summed E-state index contributed by atoms with van der Waals surface area (Å²) in [4.78, 5) is 25.6. The number of esters is 1. The van der Waals surface area contributed by atoms with Gasteiger partial charge in [-0.25, -0.2) is 9.78 Å². The van der Waals surface area contributed by atoms with Crippen molar-refractivity contribution in [1.29, 1.82) is 0 Å². The van der Waals surface area contributed by atoms with Crippen LogP contribution in [0.5, 0.6) is 0 Å². The van der Waals surface area contributed by atoms with Gasteiger partial charge in [-0.05, 0) is 6.92 Å². The minimum Gasteiger partial charge on any atom is -0.460 e. The van der Waals surface area contributed by atoms with Crippen molar-refractivity contribution in [3.05, 3.63) is 16.6 Å². The zero-order valence-corrected chi connectivity index (χ0v) is 7.26. The first-order valence-corrected chi connectivity index (χ1v) is 4.29. The highest BCUT2D eigenvalue weighted by Crippen LogP contribution is 2.02. The van der Waals surface area contributed by atoms with E-state index < -0.39 is 11.8 Å². The lowest BCUT2D eigenvalue weighted by Gasteiger charge is -1.96. The average Bonchev–Trinajstić information content (AvgIpc) is 2.55. The summed E-state index contributed by atoms with van der Waals surface area (Å²) in [6, 6.07) is 0. The summed E-state index contributed by atoms with van der Waals surface area (Å²) >= 11 is 1.26. The van der Waals surface area contributed by atoms with Crippen LogP contribution in [0.15, 0.2) is 10.9 Å². The second-order valence-corrected chi connectivity index (χ2v) is 2.64. The van der Waals surface area contributed by atoms with Crippen molar-refractivity contribution >= 4 is 23.1 Å². The van der Waals surface area contributed by atoms with E-state index in [1.165, 1.54) is 22.2 Å². The Kier molecular flexibility index (Phi) is 2.93. The van der Waals surface area contributed by atoms with E-state index >= 15 is 0 Å². The van der Waals surface area contributed by atoms with E-state index in [0.717, 1.165) is 0 Å². The molecule has 1 rings (SSSR count). The fourth-order valence-electron chi connectivity index (χ4n) is 0.626. The Balaban J connectivity index is 2.66. The molecule has 0 spiro atoms. The minimum absolute atomic E-state index is 0.151. The second kappa shape index (κ2) is 3.96. The Morgan fingerprint density at radius 1 is 1.67 bits per heavy atom. The normalized spacial score (nSPS) is 9.42. The summed E-state index contributed by atoms with van der Waals surface area (Å²) < 4.78 is 4.50. The van der Waals surface area contributed by atoms with Gasteiger partial charge in [0.2, 0.25) is 0 Å².